The third kappa shape index (κ3) is 5.91. The number of carboxylic acid groups (broad SMARTS) is 1. The van der Waals surface area contributed by atoms with E-state index in [0.29, 0.717) is 5.75 Å². The Labute approximate surface area is 55.7 Å². The molecule has 0 saturated carbocycles. The monoisotopic (exact) mass is 150 g/mol. The molecule has 0 aromatic rings. The molecule has 0 aliphatic heterocycles. The van der Waals surface area contributed by atoms with Crippen LogP contribution in [0.25, 0.3) is 0 Å². The maximum Gasteiger partial charge on any atom is 0.375 e. The highest BCUT2D eigenvalue weighted by Crippen LogP contribution is 2.20. The van der Waals surface area contributed by atoms with Gasteiger partial charge >= 0.3 is 5.30 Å². The van der Waals surface area contributed by atoms with E-state index >= 15 is 0 Å². The van der Waals surface area contributed by atoms with Crippen molar-refractivity contribution < 1.29 is 9.90 Å². The predicted octanol–water partition coefficient (Wildman–Crippen LogP) is 2.23. The lowest BCUT2D eigenvalue weighted by Crippen LogP contribution is -1.77. The summed E-state index contributed by atoms with van der Waals surface area (Å²) in [7, 11) is 2.08. The molecule has 0 aromatic heterocycles. The molecule has 46 valence electrons. The molecule has 0 fully saturated rings. The van der Waals surface area contributed by atoms with Crippen molar-refractivity contribution in [2.24, 2.45) is 0 Å². The molecule has 0 unspecified atom stereocenters. The van der Waals surface area contributed by atoms with E-state index in [-0.39, 0.29) is 0 Å². The van der Waals surface area contributed by atoms with Crippen molar-refractivity contribution in [2.75, 3.05) is 5.75 Å². The Hall–Kier alpha value is -0.0900. The predicted molar refractivity (Wildman–Crippen MR) is 38.3 cm³/mol. The van der Waals surface area contributed by atoms with Crippen LogP contribution in [0.3, 0.4) is 0 Å². The first-order valence-corrected chi connectivity index (χ1v) is 4.22. The zero-order valence-electron chi connectivity index (χ0n) is 4.16. The van der Waals surface area contributed by atoms with Crippen LogP contribution in [-0.4, -0.2) is 16.2 Å². The van der Waals surface area contributed by atoms with Crippen molar-refractivity contribution in [3.05, 3.63) is 12.7 Å². The van der Waals surface area contributed by atoms with Crippen LogP contribution in [0.4, 0.5) is 4.79 Å². The van der Waals surface area contributed by atoms with Gasteiger partial charge in [-0.15, -0.1) is 6.58 Å². The first-order chi connectivity index (χ1) is 3.77. The largest absolute Gasteiger partial charge is 0.473 e. The van der Waals surface area contributed by atoms with E-state index in [1.807, 2.05) is 0 Å². The topological polar surface area (TPSA) is 37.3 Å². The van der Waals surface area contributed by atoms with Gasteiger partial charge in [0.05, 0.1) is 0 Å². The highest BCUT2D eigenvalue weighted by atomic mass is 33.1. The van der Waals surface area contributed by atoms with Crippen LogP contribution in [0.2, 0.25) is 0 Å². The highest BCUT2D eigenvalue weighted by molar-refractivity contribution is 8.82. The van der Waals surface area contributed by atoms with Gasteiger partial charge in [-0.05, 0) is 0 Å². The second-order valence-electron chi connectivity index (χ2n) is 0.922. The molecule has 0 rings (SSSR count). The minimum atomic E-state index is -0.850. The standard InChI is InChI=1S/C4H6O2S2/c1-2-3-7-8-4(5)6/h2H,1,3H2,(H,5,6). The van der Waals surface area contributed by atoms with Gasteiger partial charge in [0.1, 0.15) is 0 Å². The maximum atomic E-state index is 9.78. The molecule has 0 aromatic carbocycles. The summed E-state index contributed by atoms with van der Waals surface area (Å²) < 4.78 is 0. The van der Waals surface area contributed by atoms with Gasteiger partial charge < -0.3 is 5.11 Å². The van der Waals surface area contributed by atoms with Crippen LogP contribution in [0, 0.1) is 0 Å². The lowest BCUT2D eigenvalue weighted by Gasteiger charge is -1.86. The van der Waals surface area contributed by atoms with E-state index in [9.17, 15) is 4.79 Å². The Morgan fingerprint density at radius 2 is 2.50 bits per heavy atom. The van der Waals surface area contributed by atoms with E-state index < -0.39 is 5.30 Å². The Balaban J connectivity index is 2.93. The van der Waals surface area contributed by atoms with Crippen LogP contribution in [0.5, 0.6) is 0 Å². The van der Waals surface area contributed by atoms with Crippen LogP contribution in [0.15, 0.2) is 12.7 Å². The van der Waals surface area contributed by atoms with E-state index in [2.05, 4.69) is 6.58 Å². The van der Waals surface area contributed by atoms with Gasteiger partial charge in [-0.3, -0.25) is 0 Å². The molecule has 0 aliphatic carbocycles. The quantitative estimate of drug-likeness (QED) is 0.380. The molecule has 0 radical (unpaired) electrons. The van der Waals surface area contributed by atoms with Crippen molar-refractivity contribution in [3.8, 4) is 0 Å². The van der Waals surface area contributed by atoms with Gasteiger partial charge in [-0.1, -0.05) is 16.9 Å². The molecule has 0 heterocycles. The summed E-state index contributed by atoms with van der Waals surface area (Å²) in [5.74, 6) is 0.678. The van der Waals surface area contributed by atoms with Crippen LogP contribution in [-0.2, 0) is 0 Å². The van der Waals surface area contributed by atoms with Crippen molar-refractivity contribution in [3.63, 3.8) is 0 Å². The Kier molecular flexibility index (Phi) is 5.00. The number of rotatable bonds is 3. The van der Waals surface area contributed by atoms with Gasteiger partial charge in [-0.2, -0.15) is 0 Å². The first kappa shape index (κ1) is 7.91. The second-order valence-corrected chi connectivity index (χ2v) is 3.21. The summed E-state index contributed by atoms with van der Waals surface area (Å²) in [5.41, 5.74) is 0. The van der Waals surface area contributed by atoms with E-state index in [0.717, 1.165) is 10.8 Å². The fraction of sp³-hybridized carbons (Fsp3) is 0.250. The van der Waals surface area contributed by atoms with Gasteiger partial charge in [-0.25, -0.2) is 4.79 Å². The lowest BCUT2D eigenvalue weighted by atomic mass is 10.8. The Morgan fingerprint density at radius 1 is 1.88 bits per heavy atom. The smallest absolute Gasteiger partial charge is 0.375 e. The van der Waals surface area contributed by atoms with E-state index in [4.69, 9.17) is 5.11 Å². The summed E-state index contributed by atoms with van der Waals surface area (Å²) in [6, 6.07) is 0. The summed E-state index contributed by atoms with van der Waals surface area (Å²) >= 11 is 0. The molecule has 8 heavy (non-hydrogen) atoms. The second kappa shape index (κ2) is 5.05. The summed E-state index contributed by atoms with van der Waals surface area (Å²) in [6.45, 7) is 3.43. The van der Waals surface area contributed by atoms with Crippen LogP contribution < -0.4 is 0 Å². The normalized spacial score (nSPS) is 8.50. The lowest BCUT2D eigenvalue weighted by molar-refractivity contribution is 0.222. The zero-order valence-corrected chi connectivity index (χ0v) is 5.80. The minimum absolute atomic E-state index is 0.678. The van der Waals surface area contributed by atoms with Crippen molar-refractivity contribution >= 4 is 26.9 Å². The number of carbonyl (C=O) groups is 1. The molecule has 0 aliphatic rings. The molecule has 1 N–H and O–H groups in total. The van der Waals surface area contributed by atoms with Gasteiger partial charge in [0, 0.05) is 16.5 Å². The molecule has 4 heteroatoms. The van der Waals surface area contributed by atoms with Gasteiger partial charge in [0.15, 0.2) is 0 Å². The van der Waals surface area contributed by atoms with Crippen LogP contribution >= 0.6 is 21.6 Å². The minimum Gasteiger partial charge on any atom is -0.473 e. The summed E-state index contributed by atoms with van der Waals surface area (Å²) in [4.78, 5) is 9.78. The van der Waals surface area contributed by atoms with Crippen molar-refractivity contribution in [1.82, 2.24) is 0 Å². The fourth-order valence-corrected chi connectivity index (χ4v) is 1.19. The molecule has 0 amide bonds. The SMILES string of the molecule is C=CCSSC(=O)O. The number of hydrogen-bond donors (Lipinski definition) is 1. The maximum absolute atomic E-state index is 9.78. The van der Waals surface area contributed by atoms with Crippen LogP contribution in [0.1, 0.15) is 0 Å². The molecule has 0 atom stereocenters. The highest BCUT2D eigenvalue weighted by Gasteiger charge is 1.93. The molecule has 0 saturated heterocycles. The average molecular weight is 150 g/mol. The third-order valence-corrected chi connectivity index (χ3v) is 2.14. The van der Waals surface area contributed by atoms with E-state index in [1.165, 1.54) is 10.8 Å². The summed E-state index contributed by atoms with van der Waals surface area (Å²) in [5, 5.41) is 7.20. The molecule has 0 bridgehead atoms. The van der Waals surface area contributed by atoms with E-state index in [1.54, 1.807) is 6.08 Å². The Bertz CT molecular complexity index is 92.0. The Morgan fingerprint density at radius 3 is 2.88 bits per heavy atom. The molecule has 2 nitrogen and oxygen atoms in total. The van der Waals surface area contributed by atoms with Gasteiger partial charge in [0.25, 0.3) is 0 Å². The van der Waals surface area contributed by atoms with Crippen molar-refractivity contribution in [1.29, 1.82) is 0 Å². The first-order valence-electron chi connectivity index (χ1n) is 1.90. The third-order valence-electron chi connectivity index (χ3n) is 0.316. The van der Waals surface area contributed by atoms with Gasteiger partial charge in [0.2, 0.25) is 0 Å². The average Bonchev–Trinajstić information content (AvgIpc) is 1.66. The molecular formula is C4H6O2S2. The molecule has 0 spiro atoms. The molecular weight excluding hydrogens is 144 g/mol. The zero-order chi connectivity index (χ0) is 6.41. The fourth-order valence-electron chi connectivity index (χ4n) is 0.133. The summed E-state index contributed by atoms with van der Waals surface area (Å²) in [6.07, 6.45) is 1.67. The number of hydrogen-bond acceptors (Lipinski definition) is 3. The van der Waals surface area contributed by atoms with Crippen molar-refractivity contribution in [2.45, 2.75) is 0 Å².